The number of hydrogen-bond acceptors (Lipinski definition) is 0. The van der Waals surface area contributed by atoms with Gasteiger partial charge in [0.05, 0.1) is 0 Å². The van der Waals surface area contributed by atoms with E-state index in [-0.39, 0.29) is 82.9 Å². The van der Waals surface area contributed by atoms with Crippen LogP contribution in [0, 0.1) is 11.6 Å². The van der Waals surface area contributed by atoms with E-state index in [1.807, 2.05) is 12.1 Å². The van der Waals surface area contributed by atoms with E-state index in [0.717, 1.165) is 19.2 Å². The molecule has 0 amide bonds. The Morgan fingerprint density at radius 2 is 1.16 bits per heavy atom. The first-order valence-corrected chi connectivity index (χ1v) is 5.36. The summed E-state index contributed by atoms with van der Waals surface area (Å²) in [5, 5.41) is 1.64. The van der Waals surface area contributed by atoms with Gasteiger partial charge in [-0.25, -0.2) is 8.78 Å². The van der Waals surface area contributed by atoms with Crippen molar-refractivity contribution in [3.05, 3.63) is 60.2 Å². The molecule has 0 spiro atoms. The van der Waals surface area contributed by atoms with Crippen LogP contribution in [0.3, 0.4) is 0 Å². The summed E-state index contributed by atoms with van der Waals surface area (Å²) in [6.45, 7) is 0. The maximum atomic E-state index is 12.9. The zero-order valence-electron chi connectivity index (χ0n) is 10.3. The second kappa shape index (κ2) is 12.6. The van der Waals surface area contributed by atoms with Gasteiger partial charge in [-0.2, -0.15) is 10.6 Å². The molecule has 0 heterocycles. The van der Waals surface area contributed by atoms with Crippen molar-refractivity contribution in [1.82, 2.24) is 0 Å². The van der Waals surface area contributed by atoms with Crippen LogP contribution in [0.2, 0.25) is 0 Å². The third-order valence-electron chi connectivity index (χ3n) is 1.87. The van der Waals surface area contributed by atoms with Gasteiger partial charge in [0.1, 0.15) is 11.6 Å². The van der Waals surface area contributed by atoms with Crippen LogP contribution in [-0.2, 0) is 0 Å². The van der Waals surface area contributed by atoms with Gasteiger partial charge in [0.15, 0.2) is 0 Å². The van der Waals surface area contributed by atoms with Gasteiger partial charge in [0.25, 0.3) is 0 Å². The first kappa shape index (κ1) is 24.9. The number of benzene rings is 2. The van der Waals surface area contributed by atoms with E-state index >= 15 is 0 Å². The van der Waals surface area contributed by atoms with Gasteiger partial charge >= 0.3 is 41.9 Å². The van der Waals surface area contributed by atoms with Crippen molar-refractivity contribution in [2.24, 2.45) is 0 Å². The Morgan fingerprint density at radius 1 is 0.789 bits per heavy atom. The van der Waals surface area contributed by atoms with Crippen molar-refractivity contribution in [3.8, 4) is 0 Å². The van der Waals surface area contributed by atoms with Gasteiger partial charge in [-0.15, -0.1) is 0 Å². The second-order valence-corrected chi connectivity index (χ2v) is 4.33. The summed E-state index contributed by atoms with van der Waals surface area (Å²) in [4.78, 5) is 0. The van der Waals surface area contributed by atoms with E-state index in [2.05, 4.69) is 0 Å². The fourth-order valence-corrected chi connectivity index (χ4v) is 2.24. The standard InChI is InChI=1S/C12H8F2P.BrH.ClH.Li.Mg/c13-9-3-1-5-11(7-9)15-12-6-2-4-10(14)8-12;;;;/h1-8H;2*1H;;/q-1;;;+1;+2/p-2. The molecule has 0 fully saturated rings. The molecule has 2 rings (SSSR count). The molecule has 0 aromatic heterocycles. The van der Waals surface area contributed by atoms with Crippen molar-refractivity contribution in [1.29, 1.82) is 0 Å². The Bertz CT molecular complexity index is 447. The second-order valence-electron chi connectivity index (χ2n) is 3.07. The van der Waals surface area contributed by atoms with Crippen molar-refractivity contribution >= 4 is 42.2 Å². The smallest absolute Gasteiger partial charge is 1.00 e. The Kier molecular flexibility index (Phi) is 16.5. The molecule has 0 aliphatic heterocycles. The van der Waals surface area contributed by atoms with Crippen molar-refractivity contribution in [3.63, 3.8) is 0 Å². The molecule has 0 radical (unpaired) electrons. The number of halogens is 4. The normalized spacial score (nSPS) is 8.11. The zero-order valence-corrected chi connectivity index (χ0v) is 14.9. The van der Waals surface area contributed by atoms with E-state index in [0.29, 0.717) is 0 Å². The summed E-state index contributed by atoms with van der Waals surface area (Å²) in [5.41, 5.74) is 0. The zero-order chi connectivity index (χ0) is 10.7. The molecule has 0 nitrogen and oxygen atoms in total. The summed E-state index contributed by atoms with van der Waals surface area (Å²) < 4.78 is 25.7. The quantitative estimate of drug-likeness (QED) is 0.366. The molecule has 7 heteroatoms. The van der Waals surface area contributed by atoms with E-state index in [1.54, 1.807) is 12.1 Å². The van der Waals surface area contributed by atoms with Crippen LogP contribution < -0.4 is 58.9 Å². The first-order chi connectivity index (χ1) is 7.24. The predicted molar refractivity (Wildman–Crippen MR) is 64.7 cm³/mol. The van der Waals surface area contributed by atoms with E-state index < -0.39 is 0 Å². The van der Waals surface area contributed by atoms with Gasteiger partial charge in [0, 0.05) is 0 Å². The molecule has 0 bridgehead atoms. The third kappa shape index (κ3) is 8.68. The van der Waals surface area contributed by atoms with Crippen LogP contribution in [0.4, 0.5) is 8.78 Å². The fourth-order valence-electron chi connectivity index (χ4n) is 1.24. The maximum Gasteiger partial charge on any atom is 2.00 e. The molecule has 19 heavy (non-hydrogen) atoms. The SMILES string of the molecule is Fc1cccc([P-]c2cccc(F)c2)c1.[Br-].[Cl-].[Li+].[Mg+2]. The summed E-state index contributed by atoms with van der Waals surface area (Å²) >= 11 is 0. The van der Waals surface area contributed by atoms with Crippen LogP contribution >= 0.6 is 8.58 Å². The molecule has 2 aromatic carbocycles. The monoisotopic (exact) mass is 366 g/mol. The maximum absolute atomic E-state index is 12.9. The van der Waals surface area contributed by atoms with Crippen molar-refractivity contribution in [2.45, 2.75) is 0 Å². The van der Waals surface area contributed by atoms with E-state index in [1.165, 1.54) is 24.3 Å². The Morgan fingerprint density at radius 3 is 1.47 bits per heavy atom. The Hall–Kier alpha value is 0.864. The van der Waals surface area contributed by atoms with Gasteiger partial charge < -0.3 is 38.0 Å². The van der Waals surface area contributed by atoms with E-state index in [9.17, 15) is 8.78 Å². The van der Waals surface area contributed by atoms with Crippen LogP contribution in [0.5, 0.6) is 0 Å². The minimum absolute atomic E-state index is 0. The van der Waals surface area contributed by atoms with Crippen LogP contribution in [0.25, 0.3) is 0 Å². The predicted octanol–water partition coefficient (Wildman–Crippen LogP) is -6.51. The summed E-state index contributed by atoms with van der Waals surface area (Å²) in [5.74, 6) is -0.534. The summed E-state index contributed by atoms with van der Waals surface area (Å²) in [6, 6.07) is 12.6. The number of rotatable bonds is 2. The Labute approximate surface area is 158 Å². The van der Waals surface area contributed by atoms with Crippen molar-refractivity contribution in [2.75, 3.05) is 0 Å². The average molecular weight is 368 g/mol. The molecule has 92 valence electrons. The molecule has 0 aliphatic carbocycles. The molecule has 0 saturated heterocycles. The topological polar surface area (TPSA) is 0 Å². The molecule has 0 atom stereocenters. The van der Waals surface area contributed by atoms with Gasteiger partial charge in [-0.1, -0.05) is 36.4 Å². The molecule has 0 unspecified atom stereocenters. The van der Waals surface area contributed by atoms with Gasteiger partial charge in [-0.3, -0.25) is 0 Å². The average Bonchev–Trinajstić information content (AvgIpc) is 2.17. The van der Waals surface area contributed by atoms with Crippen LogP contribution in [0.15, 0.2) is 48.5 Å². The number of hydrogen-bond donors (Lipinski definition) is 0. The summed E-state index contributed by atoms with van der Waals surface area (Å²) in [6.07, 6.45) is 0. The molecule has 2 aromatic rings. The molecular formula is C12H8BrClF2LiMgP. The van der Waals surface area contributed by atoms with E-state index in [4.69, 9.17) is 0 Å². The molecule has 0 aliphatic rings. The van der Waals surface area contributed by atoms with Crippen LogP contribution in [0.1, 0.15) is 0 Å². The molecule has 0 saturated carbocycles. The first-order valence-electron chi connectivity index (χ1n) is 4.47. The molecular weight excluding hydrogens is 360 g/mol. The van der Waals surface area contributed by atoms with Gasteiger partial charge in [-0.05, 0) is 12.1 Å². The Balaban J connectivity index is -0.000000640. The van der Waals surface area contributed by atoms with Crippen LogP contribution in [-0.4, -0.2) is 23.1 Å². The minimum Gasteiger partial charge on any atom is -1.00 e. The summed E-state index contributed by atoms with van der Waals surface area (Å²) in [7, 11) is 0.813. The largest absolute Gasteiger partial charge is 2.00 e. The molecule has 0 N–H and O–H groups in total. The van der Waals surface area contributed by atoms with Crippen molar-refractivity contribution < 1.29 is 57.0 Å². The minimum atomic E-state index is -0.267. The third-order valence-corrected chi connectivity index (χ3v) is 2.95. The van der Waals surface area contributed by atoms with Gasteiger partial charge in [0.2, 0.25) is 0 Å². The fraction of sp³-hybridized carbons (Fsp3) is 0.